The van der Waals surface area contributed by atoms with E-state index < -0.39 is 0 Å². The quantitative estimate of drug-likeness (QED) is 0.168. The van der Waals surface area contributed by atoms with E-state index in [0.29, 0.717) is 0 Å². The Morgan fingerprint density at radius 2 is 0.907 bits per heavy atom. The zero-order valence-electron chi connectivity index (χ0n) is 29.4. The highest BCUT2D eigenvalue weighted by molar-refractivity contribution is 6.22. The van der Waals surface area contributed by atoms with Crippen molar-refractivity contribution in [1.29, 1.82) is 0 Å². The van der Waals surface area contributed by atoms with E-state index in [4.69, 9.17) is 4.42 Å². The average Bonchev–Trinajstić information content (AvgIpc) is 3.64. The Hall–Kier alpha value is -7.16. The van der Waals surface area contributed by atoms with Crippen LogP contribution >= 0.6 is 0 Å². The second-order valence-electron chi connectivity index (χ2n) is 14.1. The molecule has 0 saturated heterocycles. The molecule has 0 saturated carbocycles. The van der Waals surface area contributed by atoms with Crippen molar-refractivity contribution in [3.8, 4) is 22.3 Å². The van der Waals surface area contributed by atoms with Gasteiger partial charge in [-0.05, 0) is 115 Å². The molecule has 54 heavy (non-hydrogen) atoms. The van der Waals surface area contributed by atoms with E-state index in [1.54, 1.807) is 0 Å². The number of rotatable bonds is 5. The largest absolute Gasteiger partial charge is 0.456 e. The first kappa shape index (κ1) is 30.5. The van der Waals surface area contributed by atoms with Gasteiger partial charge in [0, 0.05) is 27.5 Å². The second-order valence-corrected chi connectivity index (χ2v) is 14.1. The number of furan rings is 1. The third kappa shape index (κ3) is 4.81. The third-order valence-electron chi connectivity index (χ3n) is 11.1. The van der Waals surface area contributed by atoms with E-state index in [2.05, 4.69) is 193 Å². The second kappa shape index (κ2) is 12.2. The highest BCUT2D eigenvalue weighted by Gasteiger charge is 2.19. The van der Waals surface area contributed by atoms with Crippen LogP contribution in [0.2, 0.25) is 0 Å². The Balaban J connectivity index is 1.10. The molecule has 0 spiro atoms. The standard InChI is InChI=1S/C52H33NO/c1-2-11-34(12-3-1)35-21-26-38(27-22-35)53(49-19-10-18-45-44(49)31-32-51-52(45)46-17-8-9-20-50(46)54-51)39-28-23-37(24-29-39)47-33-48-40-14-5-4-13-36(40)25-30-43(48)41-15-6-7-16-42(41)47/h1-33H. The molecular formula is C52H33NO. The minimum Gasteiger partial charge on any atom is -0.456 e. The minimum atomic E-state index is 0.902. The summed E-state index contributed by atoms with van der Waals surface area (Å²) in [7, 11) is 0. The van der Waals surface area contributed by atoms with Gasteiger partial charge >= 0.3 is 0 Å². The molecule has 0 N–H and O–H groups in total. The highest BCUT2D eigenvalue weighted by atomic mass is 16.3. The van der Waals surface area contributed by atoms with Gasteiger partial charge in [0.05, 0.1) is 5.69 Å². The van der Waals surface area contributed by atoms with Gasteiger partial charge in [0.25, 0.3) is 0 Å². The molecule has 11 aromatic rings. The van der Waals surface area contributed by atoms with Crippen molar-refractivity contribution in [3.05, 3.63) is 200 Å². The van der Waals surface area contributed by atoms with Crippen molar-refractivity contribution in [1.82, 2.24) is 0 Å². The van der Waals surface area contributed by atoms with Gasteiger partial charge in [-0.25, -0.2) is 0 Å². The SMILES string of the molecule is c1ccc(-c2ccc(N(c3ccc(-c4cc5c6ccccc6ccc5c5ccccc45)cc3)c3cccc4c3ccc3oc5ccccc5c34)cc2)cc1. The first-order valence-electron chi connectivity index (χ1n) is 18.5. The smallest absolute Gasteiger partial charge is 0.136 e. The summed E-state index contributed by atoms with van der Waals surface area (Å²) >= 11 is 0. The van der Waals surface area contributed by atoms with E-state index in [0.717, 1.165) is 39.0 Å². The Morgan fingerprint density at radius 1 is 0.315 bits per heavy atom. The lowest BCUT2D eigenvalue weighted by Gasteiger charge is -2.27. The fraction of sp³-hybridized carbons (Fsp3) is 0. The Labute approximate surface area is 312 Å². The van der Waals surface area contributed by atoms with Crippen molar-refractivity contribution in [3.63, 3.8) is 0 Å². The number of para-hydroxylation sites is 1. The minimum absolute atomic E-state index is 0.902. The highest BCUT2D eigenvalue weighted by Crippen LogP contribution is 2.44. The Kier molecular flexibility index (Phi) is 6.90. The first-order chi connectivity index (χ1) is 26.8. The molecule has 2 heteroatoms. The van der Waals surface area contributed by atoms with Gasteiger partial charge in [0.1, 0.15) is 11.2 Å². The normalized spacial score (nSPS) is 11.7. The summed E-state index contributed by atoms with van der Waals surface area (Å²) in [5, 5.41) is 12.2. The van der Waals surface area contributed by atoms with Crippen molar-refractivity contribution in [2.24, 2.45) is 0 Å². The number of hydrogen-bond acceptors (Lipinski definition) is 2. The summed E-state index contributed by atoms with van der Waals surface area (Å²) in [6.45, 7) is 0. The summed E-state index contributed by atoms with van der Waals surface area (Å²) in [4.78, 5) is 2.39. The molecule has 1 aromatic heterocycles. The van der Waals surface area contributed by atoms with Crippen LogP contribution in [0.15, 0.2) is 205 Å². The van der Waals surface area contributed by atoms with Crippen LogP contribution in [0.4, 0.5) is 17.1 Å². The molecule has 10 aromatic carbocycles. The molecule has 0 fully saturated rings. The van der Waals surface area contributed by atoms with Crippen LogP contribution in [-0.2, 0) is 0 Å². The fourth-order valence-electron chi connectivity index (χ4n) is 8.51. The van der Waals surface area contributed by atoms with Crippen molar-refractivity contribution in [2.75, 3.05) is 4.90 Å². The molecule has 0 radical (unpaired) electrons. The number of hydrogen-bond donors (Lipinski definition) is 0. The number of fused-ring (bicyclic) bond motifs is 10. The zero-order valence-corrected chi connectivity index (χ0v) is 29.4. The van der Waals surface area contributed by atoms with Gasteiger partial charge in [-0.15, -0.1) is 0 Å². The van der Waals surface area contributed by atoms with E-state index >= 15 is 0 Å². The lowest BCUT2D eigenvalue weighted by molar-refractivity contribution is 0.669. The van der Waals surface area contributed by atoms with E-state index in [-0.39, 0.29) is 0 Å². The Morgan fingerprint density at radius 3 is 1.70 bits per heavy atom. The van der Waals surface area contributed by atoms with E-state index in [1.807, 2.05) is 12.1 Å². The molecule has 0 atom stereocenters. The van der Waals surface area contributed by atoms with Crippen molar-refractivity contribution >= 4 is 82.1 Å². The summed E-state index contributed by atoms with van der Waals surface area (Å²) < 4.78 is 6.31. The maximum Gasteiger partial charge on any atom is 0.136 e. The lowest BCUT2D eigenvalue weighted by atomic mass is 9.91. The lowest BCUT2D eigenvalue weighted by Crippen LogP contribution is -2.10. The molecular weight excluding hydrogens is 655 g/mol. The van der Waals surface area contributed by atoms with Crippen LogP contribution in [0.25, 0.3) is 87.3 Å². The summed E-state index contributed by atoms with van der Waals surface area (Å²) in [5.74, 6) is 0. The molecule has 11 rings (SSSR count). The fourth-order valence-corrected chi connectivity index (χ4v) is 8.51. The molecule has 0 aliphatic rings. The molecule has 0 aliphatic carbocycles. The number of benzene rings is 10. The zero-order chi connectivity index (χ0) is 35.6. The maximum atomic E-state index is 6.31. The predicted molar refractivity (Wildman–Crippen MR) is 229 cm³/mol. The summed E-state index contributed by atoms with van der Waals surface area (Å²) in [6, 6.07) is 72.3. The van der Waals surface area contributed by atoms with Crippen LogP contribution in [0.1, 0.15) is 0 Å². The molecule has 0 aliphatic heterocycles. The van der Waals surface area contributed by atoms with Gasteiger partial charge in [0.15, 0.2) is 0 Å². The molecule has 0 amide bonds. The monoisotopic (exact) mass is 687 g/mol. The molecule has 0 bridgehead atoms. The van der Waals surface area contributed by atoms with Crippen LogP contribution < -0.4 is 4.90 Å². The van der Waals surface area contributed by atoms with Gasteiger partial charge < -0.3 is 9.32 Å². The van der Waals surface area contributed by atoms with Crippen molar-refractivity contribution in [2.45, 2.75) is 0 Å². The first-order valence-corrected chi connectivity index (χ1v) is 18.5. The van der Waals surface area contributed by atoms with Gasteiger partial charge in [-0.2, -0.15) is 0 Å². The number of nitrogens with zero attached hydrogens (tertiary/aromatic N) is 1. The van der Waals surface area contributed by atoms with Crippen LogP contribution in [0.5, 0.6) is 0 Å². The average molecular weight is 688 g/mol. The number of anilines is 3. The molecule has 0 unspecified atom stereocenters. The van der Waals surface area contributed by atoms with Gasteiger partial charge in [-0.1, -0.05) is 146 Å². The molecule has 252 valence electrons. The molecule has 2 nitrogen and oxygen atoms in total. The topological polar surface area (TPSA) is 16.4 Å². The van der Waals surface area contributed by atoms with Crippen LogP contribution in [0.3, 0.4) is 0 Å². The predicted octanol–water partition coefficient (Wildman–Crippen LogP) is 15.0. The maximum absolute atomic E-state index is 6.31. The summed E-state index contributed by atoms with van der Waals surface area (Å²) in [6.07, 6.45) is 0. The van der Waals surface area contributed by atoms with Crippen LogP contribution in [-0.4, -0.2) is 0 Å². The Bertz CT molecular complexity index is 3190. The van der Waals surface area contributed by atoms with E-state index in [9.17, 15) is 0 Å². The van der Waals surface area contributed by atoms with Crippen LogP contribution in [0, 0.1) is 0 Å². The summed E-state index contributed by atoms with van der Waals surface area (Å²) in [5.41, 5.74) is 9.92. The van der Waals surface area contributed by atoms with Gasteiger partial charge in [0.2, 0.25) is 0 Å². The van der Waals surface area contributed by atoms with Gasteiger partial charge in [-0.3, -0.25) is 0 Å². The third-order valence-corrected chi connectivity index (χ3v) is 11.1. The van der Waals surface area contributed by atoms with E-state index in [1.165, 1.54) is 65.3 Å². The molecule has 1 heterocycles. The van der Waals surface area contributed by atoms with Crippen molar-refractivity contribution < 1.29 is 4.42 Å².